The lowest BCUT2D eigenvalue weighted by Gasteiger charge is -2.12. The second-order valence-electron chi connectivity index (χ2n) is 6.85. The normalized spacial score (nSPS) is 12.0. The highest BCUT2D eigenvalue weighted by Gasteiger charge is 2.33. The minimum Gasteiger partial charge on any atom is -0.383 e. The fourth-order valence-corrected chi connectivity index (χ4v) is 2.96. The molecule has 0 fully saturated rings. The highest BCUT2D eigenvalue weighted by atomic mass is 35.5. The lowest BCUT2D eigenvalue weighted by molar-refractivity contribution is -0.141. The quantitative estimate of drug-likeness (QED) is 0.349. The maximum Gasteiger partial charge on any atom is 0.433 e. The summed E-state index contributed by atoms with van der Waals surface area (Å²) in [7, 11) is 0. The molecule has 3 N–H and O–H groups in total. The molecule has 0 saturated carbocycles. The third kappa shape index (κ3) is 5.54. The molecule has 0 aromatic carbocycles. The van der Waals surface area contributed by atoms with Crippen LogP contribution in [-0.2, 0) is 12.4 Å². The number of aromatic nitrogens is 6. The largest absolute Gasteiger partial charge is 0.433 e. The van der Waals surface area contributed by atoms with Crippen molar-refractivity contribution in [2.45, 2.75) is 12.4 Å². The van der Waals surface area contributed by atoms with E-state index in [4.69, 9.17) is 17.3 Å². The molecule has 4 aromatic rings. The summed E-state index contributed by atoms with van der Waals surface area (Å²) in [6, 6.07) is 6.39. The Labute approximate surface area is 197 Å². The molecule has 0 aliphatic rings. The van der Waals surface area contributed by atoms with Gasteiger partial charge in [-0.05, 0) is 30.3 Å². The molecule has 4 rings (SSSR count). The van der Waals surface area contributed by atoms with Crippen LogP contribution in [0, 0.1) is 0 Å². The molecule has 15 heteroatoms. The summed E-state index contributed by atoms with van der Waals surface area (Å²) in [5, 5.41) is 2.73. The number of nitrogens with one attached hydrogen (secondary N) is 1. The summed E-state index contributed by atoms with van der Waals surface area (Å²) < 4.78 is 78.6. The minimum atomic E-state index is -4.74. The molecular formula is C20H11ClF6N8. The van der Waals surface area contributed by atoms with Gasteiger partial charge in [-0.15, -0.1) is 0 Å². The number of anilines is 3. The van der Waals surface area contributed by atoms with Crippen molar-refractivity contribution < 1.29 is 26.3 Å². The molecule has 4 aromatic heterocycles. The minimum absolute atomic E-state index is 0.0576. The van der Waals surface area contributed by atoms with Crippen molar-refractivity contribution in [3.8, 4) is 22.9 Å². The van der Waals surface area contributed by atoms with Gasteiger partial charge in [-0.25, -0.2) is 15.0 Å². The Balaban J connectivity index is 1.85. The molecule has 8 nitrogen and oxygen atoms in total. The van der Waals surface area contributed by atoms with Gasteiger partial charge in [-0.1, -0.05) is 17.7 Å². The Morgan fingerprint density at radius 2 is 1.51 bits per heavy atom. The van der Waals surface area contributed by atoms with Crippen LogP contribution in [0.1, 0.15) is 11.4 Å². The first-order valence-electron chi connectivity index (χ1n) is 9.42. The summed E-state index contributed by atoms with van der Waals surface area (Å²) in [5.74, 6) is -0.830. The second-order valence-corrected chi connectivity index (χ2v) is 7.29. The predicted octanol–water partition coefficient (Wildman–Crippen LogP) is 5.41. The Morgan fingerprint density at radius 1 is 0.800 bits per heavy atom. The van der Waals surface area contributed by atoms with Gasteiger partial charge in [-0.2, -0.15) is 36.3 Å². The number of nitrogens with two attached hydrogens (primary N) is 1. The fourth-order valence-electron chi connectivity index (χ4n) is 2.81. The molecule has 0 radical (unpaired) electrons. The summed E-state index contributed by atoms with van der Waals surface area (Å²) in [4.78, 5) is 23.0. The number of halogens is 7. The van der Waals surface area contributed by atoms with Gasteiger partial charge in [0, 0.05) is 18.1 Å². The Morgan fingerprint density at radius 3 is 2.23 bits per heavy atom. The zero-order valence-electron chi connectivity index (χ0n) is 17.0. The molecule has 0 aliphatic carbocycles. The SMILES string of the molecule is Nc1ncc(Cl)cc1-c1nc(Nc2ccnc(C(F)(F)F)c2)nc(-c2cccc(C(F)(F)F)n2)n1. The molecule has 0 saturated heterocycles. The average molecular weight is 513 g/mol. The van der Waals surface area contributed by atoms with Crippen LogP contribution in [0.25, 0.3) is 22.9 Å². The molecule has 0 aliphatic heterocycles. The van der Waals surface area contributed by atoms with Crippen LogP contribution < -0.4 is 11.1 Å². The molecule has 0 unspecified atom stereocenters. The first kappa shape index (κ1) is 24.1. The van der Waals surface area contributed by atoms with E-state index < -0.39 is 23.7 Å². The van der Waals surface area contributed by atoms with Crippen molar-refractivity contribution >= 4 is 29.1 Å². The maximum absolute atomic E-state index is 13.2. The second kappa shape index (κ2) is 8.94. The van der Waals surface area contributed by atoms with Gasteiger partial charge in [0.05, 0.1) is 10.6 Å². The molecule has 0 atom stereocenters. The van der Waals surface area contributed by atoms with Gasteiger partial charge in [0.15, 0.2) is 11.6 Å². The first-order valence-corrected chi connectivity index (χ1v) is 9.80. The van der Waals surface area contributed by atoms with Crippen LogP contribution in [0.2, 0.25) is 5.02 Å². The van der Waals surface area contributed by atoms with Gasteiger partial charge < -0.3 is 11.1 Å². The third-order valence-corrected chi connectivity index (χ3v) is 4.54. The number of nitrogens with zero attached hydrogens (tertiary/aromatic N) is 6. The molecular weight excluding hydrogens is 502 g/mol. The monoisotopic (exact) mass is 512 g/mol. The van der Waals surface area contributed by atoms with Crippen LogP contribution >= 0.6 is 11.6 Å². The molecule has 180 valence electrons. The Kier molecular flexibility index (Phi) is 6.15. The number of alkyl halides is 6. The van der Waals surface area contributed by atoms with E-state index in [0.717, 1.165) is 18.3 Å². The lowest BCUT2D eigenvalue weighted by Crippen LogP contribution is -2.10. The van der Waals surface area contributed by atoms with Crippen molar-refractivity contribution in [3.63, 3.8) is 0 Å². The van der Waals surface area contributed by atoms with Gasteiger partial charge in [0.2, 0.25) is 5.95 Å². The van der Waals surface area contributed by atoms with Crippen molar-refractivity contribution in [3.05, 3.63) is 65.2 Å². The Bertz CT molecular complexity index is 1390. The van der Waals surface area contributed by atoms with E-state index in [1.54, 1.807) is 0 Å². The van der Waals surface area contributed by atoms with Gasteiger partial charge in [-0.3, -0.25) is 4.98 Å². The standard InChI is InChI=1S/C20H11ClF6N8/c21-9-6-11(15(28)30-8-9)16-33-17(12-2-1-3-13(32-12)19(22,23)24)35-18(34-16)31-10-4-5-29-14(7-10)20(25,26)27/h1-8H,(H2,28,30)(H,29,31,33,34,35). The van der Waals surface area contributed by atoms with Crippen LogP contribution in [0.5, 0.6) is 0 Å². The molecule has 35 heavy (non-hydrogen) atoms. The van der Waals surface area contributed by atoms with E-state index >= 15 is 0 Å². The summed E-state index contributed by atoms with van der Waals surface area (Å²) >= 11 is 5.97. The van der Waals surface area contributed by atoms with Crippen molar-refractivity contribution in [1.29, 1.82) is 0 Å². The average Bonchev–Trinajstić information content (AvgIpc) is 2.79. The summed E-state index contributed by atoms with van der Waals surface area (Å²) in [6.45, 7) is 0. The predicted molar refractivity (Wildman–Crippen MR) is 113 cm³/mol. The summed E-state index contributed by atoms with van der Waals surface area (Å²) in [5.41, 5.74) is 3.25. The zero-order chi connectivity index (χ0) is 25.4. The van der Waals surface area contributed by atoms with Crippen molar-refractivity contribution in [1.82, 2.24) is 29.9 Å². The summed E-state index contributed by atoms with van der Waals surface area (Å²) in [6.07, 6.45) is -7.28. The van der Waals surface area contributed by atoms with Crippen molar-refractivity contribution in [2.24, 2.45) is 0 Å². The van der Waals surface area contributed by atoms with Crippen LogP contribution in [-0.4, -0.2) is 29.9 Å². The zero-order valence-corrected chi connectivity index (χ0v) is 17.8. The maximum atomic E-state index is 13.2. The first-order chi connectivity index (χ1) is 16.4. The molecule has 4 heterocycles. The highest BCUT2D eigenvalue weighted by molar-refractivity contribution is 6.30. The number of hydrogen-bond donors (Lipinski definition) is 2. The van der Waals surface area contributed by atoms with E-state index in [-0.39, 0.29) is 45.4 Å². The van der Waals surface area contributed by atoms with Crippen LogP contribution in [0.4, 0.5) is 43.8 Å². The fraction of sp³-hybridized carbons (Fsp3) is 0.100. The van der Waals surface area contributed by atoms with E-state index in [9.17, 15) is 26.3 Å². The number of rotatable bonds is 4. The molecule has 0 amide bonds. The third-order valence-electron chi connectivity index (χ3n) is 4.34. The lowest BCUT2D eigenvalue weighted by atomic mass is 10.2. The molecule has 0 spiro atoms. The smallest absolute Gasteiger partial charge is 0.383 e. The number of hydrogen-bond acceptors (Lipinski definition) is 8. The van der Waals surface area contributed by atoms with Gasteiger partial charge >= 0.3 is 12.4 Å². The topological polar surface area (TPSA) is 115 Å². The van der Waals surface area contributed by atoms with E-state index in [1.165, 1.54) is 24.4 Å². The van der Waals surface area contributed by atoms with E-state index in [1.807, 2.05) is 0 Å². The van der Waals surface area contributed by atoms with Crippen LogP contribution in [0.3, 0.4) is 0 Å². The van der Waals surface area contributed by atoms with E-state index in [0.29, 0.717) is 6.07 Å². The van der Waals surface area contributed by atoms with Crippen LogP contribution in [0.15, 0.2) is 48.8 Å². The highest BCUT2D eigenvalue weighted by Crippen LogP contribution is 2.32. The molecule has 0 bridgehead atoms. The van der Waals surface area contributed by atoms with Gasteiger partial charge in [0.1, 0.15) is 22.9 Å². The van der Waals surface area contributed by atoms with E-state index in [2.05, 4.69) is 35.2 Å². The number of nitrogen functional groups attached to an aromatic ring is 1. The van der Waals surface area contributed by atoms with Gasteiger partial charge in [0.25, 0.3) is 0 Å². The Hall–Kier alpha value is -4.07. The van der Waals surface area contributed by atoms with Crippen molar-refractivity contribution in [2.75, 3.05) is 11.1 Å². The number of pyridine rings is 3.